The van der Waals surface area contributed by atoms with Crippen molar-refractivity contribution in [2.24, 2.45) is 0 Å². The van der Waals surface area contributed by atoms with E-state index in [-0.39, 0.29) is 23.2 Å². The summed E-state index contributed by atoms with van der Waals surface area (Å²) in [5, 5.41) is 0. The molecule has 6 heteroatoms. The summed E-state index contributed by atoms with van der Waals surface area (Å²) in [6.07, 6.45) is -2.90. The molecule has 0 atom stereocenters. The van der Waals surface area contributed by atoms with Crippen LogP contribution in [0, 0.1) is 5.82 Å². The fourth-order valence-electron chi connectivity index (χ4n) is 1.94. The summed E-state index contributed by atoms with van der Waals surface area (Å²) in [5.74, 6) is -0.696. The van der Waals surface area contributed by atoms with Crippen molar-refractivity contribution in [3.05, 3.63) is 29.6 Å². The van der Waals surface area contributed by atoms with Gasteiger partial charge in [-0.15, -0.1) is 11.6 Å². The number of benzene rings is 1. The van der Waals surface area contributed by atoms with E-state index in [0.717, 1.165) is 0 Å². The summed E-state index contributed by atoms with van der Waals surface area (Å²) in [4.78, 5) is 1.21. The second-order valence-corrected chi connectivity index (χ2v) is 4.61. The lowest BCUT2D eigenvalue weighted by atomic mass is 10.1. The van der Waals surface area contributed by atoms with Crippen LogP contribution in [0.5, 0.6) is 0 Å². The van der Waals surface area contributed by atoms with E-state index in [1.54, 1.807) is 0 Å². The van der Waals surface area contributed by atoms with Crippen molar-refractivity contribution < 1.29 is 17.6 Å². The molecule has 1 aliphatic rings. The standard InChI is InChI=1S/C12H12ClF4N/c13-6-9-10(14)2-1-3-11(9)18(8-4-5-8)7-12(15,16)17/h1-3,8H,4-7H2. The number of hydrogen-bond donors (Lipinski definition) is 0. The van der Waals surface area contributed by atoms with Gasteiger partial charge in [-0.2, -0.15) is 13.2 Å². The van der Waals surface area contributed by atoms with Crippen LogP contribution in [0.1, 0.15) is 18.4 Å². The Morgan fingerprint density at radius 2 is 1.94 bits per heavy atom. The first kappa shape index (κ1) is 13.5. The van der Waals surface area contributed by atoms with Crippen molar-refractivity contribution >= 4 is 17.3 Å². The summed E-state index contributed by atoms with van der Waals surface area (Å²) < 4.78 is 51.2. The highest BCUT2D eigenvalue weighted by Gasteiger charge is 2.39. The molecular weight excluding hydrogens is 270 g/mol. The highest BCUT2D eigenvalue weighted by molar-refractivity contribution is 6.17. The quantitative estimate of drug-likeness (QED) is 0.593. The zero-order valence-electron chi connectivity index (χ0n) is 9.47. The molecular formula is C12H12ClF4N. The van der Waals surface area contributed by atoms with Crippen LogP contribution in [-0.2, 0) is 5.88 Å². The first-order valence-electron chi connectivity index (χ1n) is 5.59. The van der Waals surface area contributed by atoms with Gasteiger partial charge in [0.25, 0.3) is 0 Å². The SMILES string of the molecule is Fc1cccc(N(CC(F)(F)F)C2CC2)c1CCl. The third kappa shape index (κ3) is 3.07. The predicted molar refractivity (Wildman–Crippen MR) is 62.4 cm³/mol. The van der Waals surface area contributed by atoms with Crippen LogP contribution in [0.15, 0.2) is 18.2 Å². The van der Waals surface area contributed by atoms with Gasteiger partial charge in [-0.3, -0.25) is 0 Å². The van der Waals surface area contributed by atoms with Gasteiger partial charge in [-0.1, -0.05) is 6.07 Å². The molecule has 1 nitrogen and oxygen atoms in total. The molecule has 1 fully saturated rings. The number of nitrogens with zero attached hydrogens (tertiary/aromatic N) is 1. The number of anilines is 1. The average molecular weight is 282 g/mol. The Kier molecular flexibility index (Phi) is 3.71. The summed E-state index contributed by atoms with van der Waals surface area (Å²) >= 11 is 5.63. The highest BCUT2D eigenvalue weighted by atomic mass is 35.5. The monoisotopic (exact) mass is 281 g/mol. The van der Waals surface area contributed by atoms with Crippen molar-refractivity contribution in [2.45, 2.75) is 30.9 Å². The van der Waals surface area contributed by atoms with E-state index in [9.17, 15) is 17.6 Å². The summed E-state index contributed by atoms with van der Waals surface area (Å²) in [6.45, 7) is -1.06. The lowest BCUT2D eigenvalue weighted by molar-refractivity contribution is -0.120. The summed E-state index contributed by atoms with van der Waals surface area (Å²) in [6, 6.07) is 3.95. The lowest BCUT2D eigenvalue weighted by Crippen LogP contribution is -2.36. The molecule has 0 unspecified atom stereocenters. The molecule has 0 spiro atoms. The van der Waals surface area contributed by atoms with Crippen LogP contribution in [0.25, 0.3) is 0 Å². The Bertz CT molecular complexity index is 429. The van der Waals surface area contributed by atoms with Crippen LogP contribution in [0.2, 0.25) is 0 Å². The molecule has 1 aromatic rings. The zero-order valence-corrected chi connectivity index (χ0v) is 10.2. The maximum Gasteiger partial charge on any atom is 0.405 e. The Hall–Kier alpha value is -0.970. The van der Waals surface area contributed by atoms with Crippen LogP contribution in [0.3, 0.4) is 0 Å². The Labute approximate surface area is 107 Å². The van der Waals surface area contributed by atoms with Gasteiger partial charge in [0.2, 0.25) is 0 Å². The number of rotatable bonds is 4. The van der Waals surface area contributed by atoms with Crippen molar-refractivity contribution in [1.82, 2.24) is 0 Å². The van der Waals surface area contributed by atoms with Crippen molar-refractivity contribution in [2.75, 3.05) is 11.4 Å². The maximum absolute atomic E-state index is 13.5. The van der Waals surface area contributed by atoms with Gasteiger partial charge >= 0.3 is 6.18 Å². The van der Waals surface area contributed by atoms with Crippen molar-refractivity contribution in [3.63, 3.8) is 0 Å². The van der Waals surface area contributed by atoms with Crippen molar-refractivity contribution in [3.8, 4) is 0 Å². The second-order valence-electron chi connectivity index (χ2n) is 4.35. The third-order valence-electron chi connectivity index (χ3n) is 2.87. The Balaban J connectivity index is 2.33. The molecule has 0 N–H and O–H groups in total. The molecule has 0 aliphatic heterocycles. The minimum Gasteiger partial charge on any atom is -0.359 e. The van der Waals surface area contributed by atoms with Crippen LogP contribution in [0.4, 0.5) is 23.2 Å². The minimum absolute atomic E-state index is 0.135. The molecule has 1 saturated carbocycles. The van der Waals surface area contributed by atoms with Crippen molar-refractivity contribution in [1.29, 1.82) is 0 Å². The van der Waals surface area contributed by atoms with Gasteiger partial charge in [-0.25, -0.2) is 4.39 Å². The summed E-state index contributed by atoms with van der Waals surface area (Å²) in [5.41, 5.74) is 0.389. The topological polar surface area (TPSA) is 3.24 Å². The van der Waals surface area contributed by atoms with E-state index in [1.807, 2.05) is 0 Å². The van der Waals surface area contributed by atoms with Gasteiger partial charge in [0.15, 0.2) is 0 Å². The van der Waals surface area contributed by atoms with Gasteiger partial charge in [0.05, 0.1) is 5.88 Å². The molecule has 0 saturated heterocycles. The normalized spacial score (nSPS) is 15.8. The summed E-state index contributed by atoms with van der Waals surface area (Å²) in [7, 11) is 0. The first-order chi connectivity index (χ1) is 8.42. The number of alkyl halides is 4. The van der Waals surface area contributed by atoms with E-state index >= 15 is 0 Å². The molecule has 0 heterocycles. The molecule has 0 bridgehead atoms. The minimum atomic E-state index is -4.31. The Morgan fingerprint density at radius 1 is 1.28 bits per heavy atom. The maximum atomic E-state index is 13.5. The predicted octanol–water partition coefficient (Wildman–Crippen LogP) is 4.10. The molecule has 0 amide bonds. The zero-order chi connectivity index (χ0) is 13.3. The number of halogens is 5. The molecule has 100 valence electrons. The van der Waals surface area contributed by atoms with Gasteiger partial charge in [0.1, 0.15) is 12.4 Å². The lowest BCUT2D eigenvalue weighted by Gasteiger charge is -2.27. The molecule has 0 radical (unpaired) electrons. The van der Waals surface area contributed by atoms with Crippen LogP contribution < -0.4 is 4.90 Å². The van der Waals surface area contributed by atoms with E-state index in [0.29, 0.717) is 12.8 Å². The van der Waals surface area contributed by atoms with Gasteiger partial charge < -0.3 is 4.90 Å². The molecule has 1 aromatic carbocycles. The fraction of sp³-hybridized carbons (Fsp3) is 0.500. The molecule has 0 aromatic heterocycles. The van der Waals surface area contributed by atoms with Crippen LogP contribution in [-0.4, -0.2) is 18.8 Å². The van der Waals surface area contributed by atoms with E-state index in [2.05, 4.69) is 0 Å². The fourth-order valence-corrected chi connectivity index (χ4v) is 2.20. The van der Waals surface area contributed by atoms with Gasteiger partial charge in [0, 0.05) is 17.3 Å². The smallest absolute Gasteiger partial charge is 0.359 e. The number of hydrogen-bond acceptors (Lipinski definition) is 1. The molecule has 18 heavy (non-hydrogen) atoms. The third-order valence-corrected chi connectivity index (χ3v) is 3.14. The highest BCUT2D eigenvalue weighted by Crippen LogP contribution is 2.37. The van der Waals surface area contributed by atoms with E-state index in [4.69, 9.17) is 11.6 Å². The second kappa shape index (κ2) is 4.96. The molecule has 2 rings (SSSR count). The molecule has 1 aliphatic carbocycles. The van der Waals surface area contributed by atoms with E-state index in [1.165, 1.54) is 23.1 Å². The Morgan fingerprint density at radius 3 is 2.44 bits per heavy atom. The van der Waals surface area contributed by atoms with Crippen LogP contribution >= 0.6 is 11.6 Å². The largest absolute Gasteiger partial charge is 0.405 e. The van der Waals surface area contributed by atoms with E-state index < -0.39 is 18.5 Å². The first-order valence-corrected chi connectivity index (χ1v) is 6.12. The van der Waals surface area contributed by atoms with Gasteiger partial charge in [-0.05, 0) is 25.0 Å². The average Bonchev–Trinajstić information content (AvgIpc) is 3.08.